The first kappa shape index (κ1) is 9.70. The third kappa shape index (κ3) is 2.05. The Balaban J connectivity index is 2.93. The highest BCUT2D eigenvalue weighted by Crippen LogP contribution is 2.10. The summed E-state index contributed by atoms with van der Waals surface area (Å²) in [6.45, 7) is 6.33. The van der Waals surface area contributed by atoms with E-state index in [9.17, 15) is 4.79 Å². The Kier molecular flexibility index (Phi) is 3.00. The molecule has 0 spiro atoms. The summed E-state index contributed by atoms with van der Waals surface area (Å²) in [6, 6.07) is 0.402. The normalized spacial score (nSPS) is 10.5. The molecule has 0 saturated carbocycles. The van der Waals surface area contributed by atoms with Gasteiger partial charge in [0.2, 0.25) is 0 Å². The molecular formula is C8H13N3O2. The third-order valence-electron chi connectivity index (χ3n) is 1.51. The van der Waals surface area contributed by atoms with Crippen molar-refractivity contribution in [1.82, 2.24) is 14.8 Å². The van der Waals surface area contributed by atoms with Crippen LogP contribution in [0.25, 0.3) is 0 Å². The lowest BCUT2D eigenvalue weighted by Gasteiger charge is -2.08. The first-order valence-electron chi connectivity index (χ1n) is 4.24. The van der Waals surface area contributed by atoms with Gasteiger partial charge in [-0.15, -0.1) is 5.10 Å². The number of carbonyl (C=O) groups is 1. The summed E-state index contributed by atoms with van der Waals surface area (Å²) < 4.78 is 6.98. The van der Waals surface area contributed by atoms with Crippen molar-refractivity contribution in [3.8, 4) is 6.01 Å². The van der Waals surface area contributed by atoms with Crippen molar-refractivity contribution in [3.05, 3.63) is 5.82 Å². The predicted octanol–water partition coefficient (Wildman–Crippen LogP) is 0.898. The van der Waals surface area contributed by atoms with Crippen LogP contribution in [0.2, 0.25) is 0 Å². The van der Waals surface area contributed by atoms with Gasteiger partial charge in [0.05, 0.1) is 6.10 Å². The molecule has 0 aromatic carbocycles. The largest absolute Gasteiger partial charge is 0.461 e. The highest BCUT2D eigenvalue weighted by Gasteiger charge is 2.11. The fraction of sp³-hybridized carbons (Fsp3) is 0.625. The topological polar surface area (TPSA) is 57.0 Å². The minimum Gasteiger partial charge on any atom is -0.461 e. The molecule has 0 unspecified atom stereocenters. The Bertz CT molecular complexity index is 294. The van der Waals surface area contributed by atoms with E-state index in [2.05, 4.69) is 10.2 Å². The van der Waals surface area contributed by atoms with Crippen molar-refractivity contribution in [2.24, 2.45) is 0 Å². The van der Waals surface area contributed by atoms with Crippen LogP contribution in [0.3, 0.4) is 0 Å². The fourth-order valence-corrected chi connectivity index (χ4v) is 0.982. The lowest BCUT2D eigenvalue weighted by Crippen LogP contribution is -2.11. The van der Waals surface area contributed by atoms with Crippen molar-refractivity contribution in [1.29, 1.82) is 0 Å². The monoisotopic (exact) mass is 183 g/mol. The zero-order valence-electron chi connectivity index (χ0n) is 8.02. The van der Waals surface area contributed by atoms with Crippen LogP contribution in [0.1, 0.15) is 31.4 Å². The van der Waals surface area contributed by atoms with E-state index in [1.807, 2.05) is 20.8 Å². The number of aromatic nitrogens is 3. The Morgan fingerprint density at radius 3 is 2.69 bits per heavy atom. The maximum atomic E-state index is 10.5. The molecule has 13 heavy (non-hydrogen) atoms. The Morgan fingerprint density at radius 2 is 2.23 bits per heavy atom. The van der Waals surface area contributed by atoms with E-state index in [-0.39, 0.29) is 6.10 Å². The second kappa shape index (κ2) is 4.02. The summed E-state index contributed by atoms with van der Waals surface area (Å²) in [7, 11) is 0. The maximum absolute atomic E-state index is 10.5. The van der Waals surface area contributed by atoms with Gasteiger partial charge in [-0.2, -0.15) is 0 Å². The van der Waals surface area contributed by atoms with Gasteiger partial charge >= 0.3 is 6.01 Å². The second-order valence-electron chi connectivity index (χ2n) is 2.87. The molecule has 1 heterocycles. The molecule has 0 radical (unpaired) electrons. The number of aldehydes is 1. The summed E-state index contributed by atoms with van der Waals surface area (Å²) in [5.41, 5.74) is 0. The standard InChI is InChI=1S/C8H13N3O2/c1-4-11-7(5-12)9-10-8(11)13-6(2)3/h5-6H,4H2,1-3H3. The van der Waals surface area contributed by atoms with Gasteiger partial charge in [-0.1, -0.05) is 5.10 Å². The molecule has 0 saturated heterocycles. The molecule has 0 aliphatic carbocycles. The zero-order valence-corrected chi connectivity index (χ0v) is 8.02. The SMILES string of the molecule is CCn1c(C=O)nnc1OC(C)C. The molecule has 0 aliphatic heterocycles. The van der Waals surface area contributed by atoms with Gasteiger partial charge in [0.25, 0.3) is 0 Å². The second-order valence-corrected chi connectivity index (χ2v) is 2.87. The lowest BCUT2D eigenvalue weighted by molar-refractivity contribution is 0.110. The van der Waals surface area contributed by atoms with Gasteiger partial charge in [0.1, 0.15) is 0 Å². The molecule has 1 aromatic rings. The molecule has 0 bridgehead atoms. The molecule has 0 fully saturated rings. The van der Waals surface area contributed by atoms with Crippen LogP contribution in [0.4, 0.5) is 0 Å². The molecule has 1 rings (SSSR count). The molecule has 5 heteroatoms. The fourth-order valence-electron chi connectivity index (χ4n) is 0.982. The van der Waals surface area contributed by atoms with Crippen LogP contribution >= 0.6 is 0 Å². The summed E-state index contributed by atoms with van der Waals surface area (Å²) in [5, 5.41) is 7.44. The Hall–Kier alpha value is -1.39. The number of rotatable bonds is 4. The van der Waals surface area contributed by atoms with Crippen LogP contribution in [0, 0.1) is 0 Å². The smallest absolute Gasteiger partial charge is 0.317 e. The van der Waals surface area contributed by atoms with Gasteiger partial charge in [0.15, 0.2) is 12.1 Å². The minimum absolute atomic E-state index is 0.0361. The van der Waals surface area contributed by atoms with Gasteiger partial charge < -0.3 is 4.74 Å². The van der Waals surface area contributed by atoms with Gasteiger partial charge in [0, 0.05) is 6.54 Å². The maximum Gasteiger partial charge on any atom is 0.317 e. The van der Waals surface area contributed by atoms with E-state index < -0.39 is 0 Å². The Labute approximate surface area is 76.7 Å². The first-order valence-corrected chi connectivity index (χ1v) is 4.24. The van der Waals surface area contributed by atoms with Crippen molar-refractivity contribution < 1.29 is 9.53 Å². The van der Waals surface area contributed by atoms with Crippen LogP contribution in [0.5, 0.6) is 6.01 Å². The molecule has 0 amide bonds. The summed E-state index contributed by atoms with van der Waals surface area (Å²) in [5.74, 6) is 0.304. The summed E-state index contributed by atoms with van der Waals surface area (Å²) in [4.78, 5) is 10.5. The van der Waals surface area contributed by atoms with E-state index >= 15 is 0 Å². The lowest BCUT2D eigenvalue weighted by atomic mass is 10.5. The number of hydrogen-bond acceptors (Lipinski definition) is 4. The molecule has 72 valence electrons. The number of carbonyl (C=O) groups excluding carboxylic acids is 1. The van der Waals surface area contributed by atoms with Crippen LogP contribution in [0.15, 0.2) is 0 Å². The van der Waals surface area contributed by atoms with E-state index in [4.69, 9.17) is 4.74 Å². The molecule has 5 nitrogen and oxygen atoms in total. The molecule has 0 atom stereocenters. The number of hydrogen-bond donors (Lipinski definition) is 0. The van der Waals surface area contributed by atoms with Crippen molar-refractivity contribution >= 4 is 6.29 Å². The van der Waals surface area contributed by atoms with Crippen LogP contribution in [-0.2, 0) is 6.54 Å². The highest BCUT2D eigenvalue weighted by atomic mass is 16.5. The van der Waals surface area contributed by atoms with Gasteiger partial charge in [-0.3, -0.25) is 9.36 Å². The average molecular weight is 183 g/mol. The van der Waals surface area contributed by atoms with Crippen molar-refractivity contribution in [2.75, 3.05) is 0 Å². The molecule has 1 aromatic heterocycles. The highest BCUT2D eigenvalue weighted by molar-refractivity contribution is 5.69. The van der Waals surface area contributed by atoms with Crippen LogP contribution < -0.4 is 4.74 Å². The summed E-state index contributed by atoms with van der Waals surface area (Å²) >= 11 is 0. The van der Waals surface area contributed by atoms with E-state index in [0.717, 1.165) is 0 Å². The number of nitrogens with zero attached hydrogens (tertiary/aromatic N) is 3. The first-order chi connectivity index (χ1) is 6.19. The van der Waals surface area contributed by atoms with Gasteiger partial charge in [-0.05, 0) is 20.8 Å². The third-order valence-corrected chi connectivity index (χ3v) is 1.51. The van der Waals surface area contributed by atoms with Gasteiger partial charge in [-0.25, -0.2) is 0 Å². The Morgan fingerprint density at radius 1 is 1.54 bits per heavy atom. The average Bonchev–Trinajstić information content (AvgIpc) is 2.45. The van der Waals surface area contributed by atoms with E-state index in [1.165, 1.54) is 0 Å². The predicted molar refractivity (Wildman–Crippen MR) is 46.8 cm³/mol. The summed E-state index contributed by atoms with van der Waals surface area (Å²) in [6.07, 6.45) is 0.706. The van der Waals surface area contributed by atoms with Crippen molar-refractivity contribution in [3.63, 3.8) is 0 Å². The minimum atomic E-state index is 0.0361. The number of ether oxygens (including phenoxy) is 1. The van der Waals surface area contributed by atoms with Crippen LogP contribution in [-0.4, -0.2) is 27.2 Å². The molecule has 0 aliphatic rings. The molecular weight excluding hydrogens is 170 g/mol. The van der Waals surface area contributed by atoms with E-state index in [0.29, 0.717) is 24.7 Å². The van der Waals surface area contributed by atoms with E-state index in [1.54, 1.807) is 4.57 Å². The zero-order chi connectivity index (χ0) is 9.84. The quantitative estimate of drug-likeness (QED) is 0.651. The molecule has 0 N–H and O–H groups in total. The van der Waals surface area contributed by atoms with Crippen molar-refractivity contribution in [2.45, 2.75) is 33.4 Å².